The van der Waals surface area contributed by atoms with E-state index in [1.165, 1.54) is 4.90 Å². The molecule has 1 N–H and O–H groups in total. The smallest absolute Gasteiger partial charge is 0.261 e. The summed E-state index contributed by atoms with van der Waals surface area (Å²) in [4.78, 5) is 26.6. The van der Waals surface area contributed by atoms with Crippen LogP contribution in [0.4, 0.5) is 0 Å². The highest BCUT2D eigenvalue weighted by atomic mass is 35.5. The van der Waals surface area contributed by atoms with Crippen LogP contribution in [0.3, 0.4) is 0 Å². The molecule has 2 aromatic rings. The molecule has 150 valence electrons. The second-order valence-corrected chi connectivity index (χ2v) is 7.30. The Balaban J connectivity index is 2.21. The highest BCUT2D eigenvalue weighted by molar-refractivity contribution is 6.31. The summed E-state index contributed by atoms with van der Waals surface area (Å²) in [7, 11) is 1.55. The van der Waals surface area contributed by atoms with Crippen LogP contribution in [0, 0.1) is 20.8 Å². The summed E-state index contributed by atoms with van der Waals surface area (Å²) < 4.78 is 5.82. The number of benzene rings is 2. The van der Waals surface area contributed by atoms with Crippen LogP contribution in [0.2, 0.25) is 5.02 Å². The van der Waals surface area contributed by atoms with Crippen molar-refractivity contribution < 1.29 is 14.3 Å². The topological polar surface area (TPSA) is 58.6 Å². The molecule has 0 fully saturated rings. The number of carbonyl (C=O) groups is 2. The van der Waals surface area contributed by atoms with Crippen LogP contribution in [-0.2, 0) is 16.1 Å². The molecule has 2 aromatic carbocycles. The molecule has 0 radical (unpaired) electrons. The van der Waals surface area contributed by atoms with Crippen LogP contribution in [-0.4, -0.2) is 36.4 Å². The molecule has 0 heterocycles. The highest BCUT2D eigenvalue weighted by Crippen LogP contribution is 2.24. The van der Waals surface area contributed by atoms with E-state index in [1.54, 1.807) is 20.0 Å². The van der Waals surface area contributed by atoms with Crippen molar-refractivity contribution >= 4 is 23.4 Å². The van der Waals surface area contributed by atoms with Gasteiger partial charge in [-0.2, -0.15) is 0 Å². The second kappa shape index (κ2) is 9.60. The normalized spacial score (nSPS) is 11.6. The Bertz CT molecular complexity index is 867. The third-order valence-corrected chi connectivity index (χ3v) is 5.20. The first-order valence-electron chi connectivity index (χ1n) is 9.19. The fourth-order valence-corrected chi connectivity index (χ4v) is 3.17. The van der Waals surface area contributed by atoms with Crippen molar-refractivity contribution in [2.45, 2.75) is 40.3 Å². The molecule has 0 aliphatic carbocycles. The minimum Gasteiger partial charge on any atom is -0.483 e. The zero-order valence-electron chi connectivity index (χ0n) is 17.0. The van der Waals surface area contributed by atoms with Crippen LogP contribution in [0.5, 0.6) is 5.75 Å². The lowest BCUT2D eigenvalue weighted by Crippen LogP contribution is -2.48. The number of ether oxygens (including phenoxy) is 1. The Morgan fingerprint density at radius 2 is 1.86 bits per heavy atom. The average Bonchev–Trinajstić information content (AvgIpc) is 2.67. The van der Waals surface area contributed by atoms with Crippen LogP contribution in [0.1, 0.15) is 29.2 Å². The number of hydrogen-bond acceptors (Lipinski definition) is 3. The van der Waals surface area contributed by atoms with E-state index < -0.39 is 6.04 Å². The van der Waals surface area contributed by atoms with Gasteiger partial charge in [0.2, 0.25) is 5.91 Å². The van der Waals surface area contributed by atoms with Gasteiger partial charge in [0, 0.05) is 18.6 Å². The molecular weight excluding hydrogens is 376 g/mol. The van der Waals surface area contributed by atoms with E-state index in [4.69, 9.17) is 16.3 Å². The third-order valence-electron chi connectivity index (χ3n) is 4.83. The van der Waals surface area contributed by atoms with Gasteiger partial charge in [-0.1, -0.05) is 35.9 Å². The lowest BCUT2D eigenvalue weighted by molar-refractivity contribution is -0.142. The van der Waals surface area contributed by atoms with Crippen LogP contribution >= 0.6 is 11.6 Å². The molecule has 6 heteroatoms. The van der Waals surface area contributed by atoms with Gasteiger partial charge in [0.25, 0.3) is 5.91 Å². The van der Waals surface area contributed by atoms with Gasteiger partial charge < -0.3 is 15.0 Å². The number of aryl methyl sites for hydroxylation is 2. The first-order chi connectivity index (χ1) is 13.2. The predicted molar refractivity (Wildman–Crippen MR) is 112 cm³/mol. The van der Waals surface area contributed by atoms with Gasteiger partial charge in [-0.3, -0.25) is 9.59 Å². The minimum absolute atomic E-state index is 0.157. The summed E-state index contributed by atoms with van der Waals surface area (Å²) in [6, 6.07) is 10.6. The molecule has 0 saturated heterocycles. The fourth-order valence-electron chi connectivity index (χ4n) is 2.97. The first kappa shape index (κ1) is 21.8. The lowest BCUT2D eigenvalue weighted by atomic mass is 10.1. The maximum atomic E-state index is 13.0. The van der Waals surface area contributed by atoms with Gasteiger partial charge >= 0.3 is 0 Å². The molecule has 0 bridgehead atoms. The van der Waals surface area contributed by atoms with E-state index >= 15 is 0 Å². The lowest BCUT2D eigenvalue weighted by Gasteiger charge is -2.28. The van der Waals surface area contributed by atoms with Crippen molar-refractivity contribution in [2.75, 3.05) is 13.7 Å². The summed E-state index contributed by atoms with van der Waals surface area (Å²) in [5.74, 6) is 0.147. The zero-order chi connectivity index (χ0) is 20.8. The molecular formula is C22H27ClN2O3. The Hall–Kier alpha value is -2.53. The van der Waals surface area contributed by atoms with Crippen molar-refractivity contribution in [2.24, 2.45) is 0 Å². The van der Waals surface area contributed by atoms with E-state index in [-0.39, 0.29) is 25.0 Å². The summed E-state index contributed by atoms with van der Waals surface area (Å²) >= 11 is 6.25. The number of nitrogens with zero attached hydrogens (tertiary/aromatic N) is 1. The molecule has 28 heavy (non-hydrogen) atoms. The molecule has 0 saturated carbocycles. The number of carbonyl (C=O) groups excluding carboxylic acids is 2. The third kappa shape index (κ3) is 5.26. The van der Waals surface area contributed by atoms with E-state index in [9.17, 15) is 9.59 Å². The Morgan fingerprint density at radius 1 is 1.18 bits per heavy atom. The molecule has 0 spiro atoms. The Labute approximate surface area is 171 Å². The van der Waals surface area contributed by atoms with Gasteiger partial charge in [0.1, 0.15) is 11.8 Å². The SMILES string of the molecule is CNC(=O)C(C)N(Cc1ccccc1Cl)C(=O)COc1cc(C)cc(C)c1C. The van der Waals surface area contributed by atoms with Gasteiger partial charge in [0.15, 0.2) is 6.61 Å². The monoisotopic (exact) mass is 402 g/mol. The zero-order valence-corrected chi connectivity index (χ0v) is 17.8. The largest absolute Gasteiger partial charge is 0.483 e. The molecule has 1 unspecified atom stereocenters. The van der Waals surface area contributed by atoms with Crippen molar-refractivity contribution in [3.8, 4) is 5.75 Å². The summed E-state index contributed by atoms with van der Waals surface area (Å²) in [5, 5.41) is 3.14. The van der Waals surface area contributed by atoms with Crippen molar-refractivity contribution in [1.82, 2.24) is 10.2 Å². The van der Waals surface area contributed by atoms with E-state index in [2.05, 4.69) is 11.4 Å². The van der Waals surface area contributed by atoms with Crippen LogP contribution in [0.15, 0.2) is 36.4 Å². The quantitative estimate of drug-likeness (QED) is 0.766. The Kier molecular flexibility index (Phi) is 7.46. The standard InChI is InChI=1S/C22H27ClN2O3/c1-14-10-15(2)16(3)20(11-14)28-13-21(26)25(17(4)22(27)24-5)12-18-8-6-7-9-19(18)23/h6-11,17H,12-13H2,1-5H3,(H,24,27). The molecule has 2 rings (SSSR count). The highest BCUT2D eigenvalue weighted by Gasteiger charge is 2.26. The second-order valence-electron chi connectivity index (χ2n) is 6.90. The summed E-state index contributed by atoms with van der Waals surface area (Å²) in [6.07, 6.45) is 0. The Morgan fingerprint density at radius 3 is 2.50 bits per heavy atom. The molecule has 0 aliphatic heterocycles. The van der Waals surface area contributed by atoms with E-state index in [1.807, 2.05) is 45.0 Å². The first-order valence-corrected chi connectivity index (χ1v) is 9.57. The number of halogens is 1. The van der Waals surface area contributed by atoms with E-state index in [0.717, 1.165) is 22.3 Å². The van der Waals surface area contributed by atoms with E-state index in [0.29, 0.717) is 10.8 Å². The predicted octanol–water partition coefficient (Wildman–Crippen LogP) is 3.81. The van der Waals surface area contributed by atoms with Crippen LogP contribution < -0.4 is 10.1 Å². The number of likely N-dealkylation sites (N-methyl/N-ethyl adjacent to an activating group) is 1. The molecule has 2 amide bonds. The average molecular weight is 403 g/mol. The maximum Gasteiger partial charge on any atom is 0.261 e. The summed E-state index contributed by atoms with van der Waals surface area (Å²) in [5.41, 5.74) is 3.94. The number of nitrogens with one attached hydrogen (secondary N) is 1. The van der Waals surface area contributed by atoms with Gasteiger partial charge in [-0.25, -0.2) is 0 Å². The number of hydrogen-bond donors (Lipinski definition) is 1. The molecule has 0 aromatic heterocycles. The summed E-state index contributed by atoms with van der Waals surface area (Å²) in [6.45, 7) is 7.71. The van der Waals surface area contributed by atoms with Crippen molar-refractivity contribution in [3.05, 3.63) is 63.7 Å². The fraction of sp³-hybridized carbons (Fsp3) is 0.364. The minimum atomic E-state index is -0.655. The van der Waals surface area contributed by atoms with Gasteiger partial charge in [-0.05, 0) is 62.1 Å². The van der Waals surface area contributed by atoms with Gasteiger partial charge in [-0.15, -0.1) is 0 Å². The van der Waals surface area contributed by atoms with Gasteiger partial charge in [0.05, 0.1) is 0 Å². The van der Waals surface area contributed by atoms with Crippen LogP contribution in [0.25, 0.3) is 0 Å². The molecule has 5 nitrogen and oxygen atoms in total. The maximum absolute atomic E-state index is 13.0. The molecule has 1 atom stereocenters. The van der Waals surface area contributed by atoms with Crippen molar-refractivity contribution in [1.29, 1.82) is 0 Å². The van der Waals surface area contributed by atoms with Crippen molar-refractivity contribution in [3.63, 3.8) is 0 Å². The molecule has 0 aliphatic rings. The number of amides is 2. The number of rotatable bonds is 7.